The van der Waals surface area contributed by atoms with Crippen molar-refractivity contribution >= 4 is 100.0 Å². The van der Waals surface area contributed by atoms with Crippen LogP contribution in [0.25, 0.3) is 22.3 Å². The van der Waals surface area contributed by atoms with Crippen LogP contribution in [0.5, 0.6) is 0 Å². The molecule has 0 saturated heterocycles. The third kappa shape index (κ3) is 8.95. The SMILES string of the molecule is Clc1ccc(-c2ccc(Cl)cc2Br)c(Br)c1.Clc1ccc2c(c1)C(c1ccccc1)(c1ccccc1)c1cc(Cl)cc(Br)c1-2.O=C(c1ccccc1)c1ccccc1. The Kier molecular flexibility index (Phi) is 13.8. The van der Waals surface area contributed by atoms with Gasteiger partial charge in [-0.25, -0.2) is 0 Å². The number of benzene rings is 8. The van der Waals surface area contributed by atoms with E-state index in [-0.39, 0.29) is 5.78 Å². The second-order valence-corrected chi connectivity index (χ2v) is 17.6. The Morgan fingerprint density at radius 2 is 0.741 bits per heavy atom. The summed E-state index contributed by atoms with van der Waals surface area (Å²) in [6, 6.07) is 61.4. The number of fused-ring (bicyclic) bond motifs is 3. The maximum absolute atomic E-state index is 11.8. The van der Waals surface area contributed by atoms with Gasteiger partial charge in [-0.05, 0) is 87.5 Å². The minimum Gasteiger partial charge on any atom is -0.289 e. The number of carbonyl (C=O) groups excluding carboxylic acids is 1. The van der Waals surface area contributed by atoms with Gasteiger partial charge in [-0.3, -0.25) is 4.79 Å². The Balaban J connectivity index is 0.000000145. The molecule has 1 aliphatic rings. The lowest BCUT2D eigenvalue weighted by Gasteiger charge is -2.34. The van der Waals surface area contributed by atoms with E-state index in [0.717, 1.165) is 40.7 Å². The number of halogens is 7. The normalized spacial score (nSPS) is 11.9. The molecule has 0 spiro atoms. The van der Waals surface area contributed by atoms with Gasteiger partial charge in [0.25, 0.3) is 0 Å². The van der Waals surface area contributed by atoms with Gasteiger partial charge in [-0.2, -0.15) is 0 Å². The third-order valence-corrected chi connectivity index (χ3v) is 12.6. The molecule has 0 fully saturated rings. The highest BCUT2D eigenvalue weighted by molar-refractivity contribution is 9.11. The van der Waals surface area contributed by atoms with Gasteiger partial charge in [0.05, 0.1) is 5.41 Å². The lowest BCUT2D eigenvalue weighted by atomic mass is 9.68. The first kappa shape index (κ1) is 42.2. The summed E-state index contributed by atoms with van der Waals surface area (Å²) in [6.45, 7) is 0. The molecule has 0 unspecified atom stereocenters. The van der Waals surface area contributed by atoms with Crippen LogP contribution >= 0.6 is 94.2 Å². The summed E-state index contributed by atoms with van der Waals surface area (Å²) in [5.74, 6) is 0.0752. The highest BCUT2D eigenvalue weighted by atomic mass is 79.9. The van der Waals surface area contributed by atoms with Crippen LogP contribution in [0.4, 0.5) is 0 Å². The average Bonchev–Trinajstić information content (AvgIpc) is 3.53. The maximum Gasteiger partial charge on any atom is 0.193 e. The fourth-order valence-electron chi connectivity index (χ4n) is 7.26. The molecule has 0 radical (unpaired) electrons. The molecule has 286 valence electrons. The average molecular weight is 1030 g/mol. The summed E-state index contributed by atoms with van der Waals surface area (Å²) in [4.78, 5) is 11.8. The van der Waals surface area contributed by atoms with Crippen LogP contribution in [0.15, 0.2) is 201 Å². The van der Waals surface area contributed by atoms with E-state index in [2.05, 4.69) is 115 Å². The molecule has 0 atom stereocenters. The van der Waals surface area contributed by atoms with Crippen molar-refractivity contribution in [2.75, 3.05) is 0 Å². The van der Waals surface area contributed by atoms with Crippen LogP contribution in [0.3, 0.4) is 0 Å². The topological polar surface area (TPSA) is 17.1 Å². The summed E-state index contributed by atoms with van der Waals surface area (Å²) in [5, 5.41) is 2.85. The predicted octanol–water partition coefficient (Wildman–Crippen LogP) is 17.2. The van der Waals surface area contributed by atoms with Gasteiger partial charge in [-0.15, -0.1) is 0 Å². The second kappa shape index (κ2) is 19.0. The first-order chi connectivity index (χ1) is 28.1. The van der Waals surface area contributed by atoms with Crippen molar-refractivity contribution in [3.05, 3.63) is 255 Å². The van der Waals surface area contributed by atoms with E-state index in [1.165, 1.54) is 33.4 Å². The number of hydrogen-bond acceptors (Lipinski definition) is 1. The largest absolute Gasteiger partial charge is 0.289 e. The van der Waals surface area contributed by atoms with E-state index in [1.54, 1.807) is 0 Å². The molecule has 58 heavy (non-hydrogen) atoms. The Labute approximate surface area is 384 Å². The zero-order valence-corrected chi connectivity index (χ0v) is 38.2. The molecule has 0 saturated carbocycles. The van der Waals surface area contributed by atoms with Crippen LogP contribution in [0.2, 0.25) is 20.1 Å². The molecular weight excluding hydrogens is 998 g/mol. The smallest absolute Gasteiger partial charge is 0.193 e. The van der Waals surface area contributed by atoms with Crippen molar-refractivity contribution in [2.24, 2.45) is 0 Å². The summed E-state index contributed by atoms with van der Waals surface area (Å²) in [5.41, 5.74) is 10.2. The number of rotatable bonds is 5. The quantitative estimate of drug-likeness (QED) is 0.157. The van der Waals surface area contributed by atoms with Crippen molar-refractivity contribution in [1.29, 1.82) is 0 Å². The van der Waals surface area contributed by atoms with E-state index in [1.807, 2.05) is 121 Å². The van der Waals surface area contributed by atoms with Gasteiger partial charge in [-0.1, -0.05) is 234 Å². The zero-order chi connectivity index (χ0) is 40.8. The molecule has 0 bridgehead atoms. The van der Waals surface area contributed by atoms with E-state index in [9.17, 15) is 4.79 Å². The molecule has 8 aromatic rings. The Morgan fingerprint density at radius 3 is 1.17 bits per heavy atom. The van der Waals surface area contributed by atoms with Crippen molar-refractivity contribution in [2.45, 2.75) is 5.41 Å². The van der Waals surface area contributed by atoms with Gasteiger partial charge in [0.1, 0.15) is 0 Å². The molecule has 1 aliphatic carbocycles. The van der Waals surface area contributed by atoms with Gasteiger partial charge < -0.3 is 0 Å². The van der Waals surface area contributed by atoms with E-state index >= 15 is 0 Å². The summed E-state index contributed by atoms with van der Waals surface area (Å²) < 4.78 is 2.92. The van der Waals surface area contributed by atoms with Gasteiger partial charge in [0, 0.05) is 50.2 Å². The van der Waals surface area contributed by atoms with Crippen molar-refractivity contribution in [1.82, 2.24) is 0 Å². The zero-order valence-electron chi connectivity index (χ0n) is 30.5. The molecule has 9 rings (SSSR count). The lowest BCUT2D eigenvalue weighted by Crippen LogP contribution is -2.28. The van der Waals surface area contributed by atoms with E-state index in [4.69, 9.17) is 46.4 Å². The Bertz CT molecular complexity index is 2580. The minimum atomic E-state index is -0.481. The highest BCUT2D eigenvalue weighted by Crippen LogP contribution is 2.58. The highest BCUT2D eigenvalue weighted by Gasteiger charge is 2.47. The fraction of sp³-hybridized carbons (Fsp3) is 0.0200. The molecule has 8 heteroatoms. The Hall–Kier alpha value is -3.97. The third-order valence-electron chi connectivity index (χ3n) is 9.75. The molecule has 0 N–H and O–H groups in total. The molecule has 1 nitrogen and oxygen atoms in total. The molecule has 0 aromatic heterocycles. The van der Waals surface area contributed by atoms with E-state index in [0.29, 0.717) is 15.1 Å². The number of carbonyl (C=O) groups is 1. The molecule has 0 heterocycles. The van der Waals surface area contributed by atoms with Gasteiger partial charge >= 0.3 is 0 Å². The van der Waals surface area contributed by atoms with Gasteiger partial charge in [0.2, 0.25) is 0 Å². The van der Waals surface area contributed by atoms with Crippen molar-refractivity contribution in [3.63, 3.8) is 0 Å². The Morgan fingerprint density at radius 1 is 0.379 bits per heavy atom. The number of ketones is 1. The molecule has 8 aromatic carbocycles. The van der Waals surface area contributed by atoms with Gasteiger partial charge in [0.15, 0.2) is 5.78 Å². The summed E-state index contributed by atoms with van der Waals surface area (Å²) >= 11 is 35.6. The van der Waals surface area contributed by atoms with Crippen LogP contribution in [0.1, 0.15) is 38.2 Å². The maximum atomic E-state index is 11.8. The van der Waals surface area contributed by atoms with E-state index < -0.39 is 5.41 Å². The minimum absolute atomic E-state index is 0.0752. The standard InChI is InChI=1S/C25H15BrCl2.C13H10O.C12H6Br2Cl2/c26-23-15-19(28)14-22-24(23)20-12-11-18(27)13-21(20)25(22,16-7-3-1-4-8-16)17-9-5-2-6-10-17;14-13(11-7-3-1-4-8-11)12-9-5-2-6-10-12;13-11-5-7(15)1-3-9(11)10-4-2-8(16)6-12(10)14/h1-15H;1-10H;1-6H. The van der Waals surface area contributed by atoms with Crippen LogP contribution < -0.4 is 0 Å². The van der Waals surface area contributed by atoms with Crippen LogP contribution in [-0.4, -0.2) is 5.78 Å². The molecule has 0 amide bonds. The molecular formula is C50H31Br3Cl4O. The second-order valence-electron chi connectivity index (χ2n) is 13.3. The summed E-state index contributed by atoms with van der Waals surface area (Å²) in [7, 11) is 0. The first-order valence-corrected chi connectivity index (χ1v) is 21.9. The molecule has 0 aliphatic heterocycles. The predicted molar refractivity (Wildman–Crippen MR) is 255 cm³/mol. The lowest BCUT2D eigenvalue weighted by molar-refractivity contribution is 0.103. The summed E-state index contributed by atoms with van der Waals surface area (Å²) in [6.07, 6.45) is 0. The monoisotopic (exact) mass is 1020 g/mol. The van der Waals surface area contributed by atoms with Crippen molar-refractivity contribution < 1.29 is 4.79 Å². The van der Waals surface area contributed by atoms with Crippen molar-refractivity contribution in [3.8, 4) is 22.3 Å². The van der Waals surface area contributed by atoms with Crippen LogP contribution in [0, 0.1) is 0 Å². The van der Waals surface area contributed by atoms with Crippen LogP contribution in [-0.2, 0) is 5.41 Å². The first-order valence-electron chi connectivity index (χ1n) is 18.0. The fourth-order valence-corrected chi connectivity index (χ4v) is 10.2. The number of hydrogen-bond donors (Lipinski definition) is 0.